The summed E-state index contributed by atoms with van der Waals surface area (Å²) in [5, 5.41) is 8.57. The van der Waals surface area contributed by atoms with Crippen LogP contribution in [-0.2, 0) is 9.68 Å². The van der Waals surface area contributed by atoms with E-state index in [9.17, 15) is 0 Å². The number of nitrogens with zero attached hydrogens (tertiary/aromatic N) is 2. The van der Waals surface area contributed by atoms with Crippen LogP contribution in [0, 0.1) is 34.5 Å². The maximum absolute atomic E-state index is 5.12. The van der Waals surface area contributed by atoms with Crippen LogP contribution >= 0.6 is 0 Å². The summed E-state index contributed by atoms with van der Waals surface area (Å²) in [4.78, 5) is 10.2. The number of allylic oxidation sites excluding steroid dienone is 2. The van der Waals surface area contributed by atoms with E-state index in [1.165, 1.54) is 50.7 Å². The second-order valence-electron chi connectivity index (χ2n) is 9.86. The summed E-state index contributed by atoms with van der Waals surface area (Å²) in [5.74, 6) is 3.14. The van der Waals surface area contributed by atoms with Gasteiger partial charge in [0, 0.05) is 5.92 Å². The van der Waals surface area contributed by atoms with Crippen LogP contribution in [-0.4, -0.2) is 25.6 Å². The van der Waals surface area contributed by atoms with Gasteiger partial charge in [-0.2, -0.15) is 0 Å². The van der Waals surface area contributed by atoms with Gasteiger partial charge < -0.3 is 9.68 Å². The smallest absolute Gasteiger partial charge is 0.106 e. The Labute approximate surface area is 164 Å². The number of hydrogen-bond donors (Lipinski definition) is 0. The molecule has 0 bridgehead atoms. The van der Waals surface area contributed by atoms with Crippen LogP contribution in [0.1, 0.15) is 72.1 Å². The minimum atomic E-state index is 0.366. The summed E-state index contributed by atoms with van der Waals surface area (Å²) < 4.78 is 0. The van der Waals surface area contributed by atoms with Gasteiger partial charge in [0.25, 0.3) is 0 Å². The average Bonchev–Trinajstić information content (AvgIpc) is 3.00. The summed E-state index contributed by atoms with van der Waals surface area (Å²) in [7, 11) is 3.33. The standard InChI is InChI=1S/C23H36N2O2/c1-15(24-26-4)19-8-9-20-18-7-6-16-14-17(25-27-5)10-12-22(16,2)21(18)11-13-23(19,20)3/h14,18-21H,6-13H2,1-5H3/t18?,19-,20?,21?,22+,23-/m1/s1. The van der Waals surface area contributed by atoms with Crippen LogP contribution in [0.5, 0.6) is 0 Å². The lowest BCUT2D eigenvalue weighted by Gasteiger charge is -2.58. The van der Waals surface area contributed by atoms with E-state index in [2.05, 4.69) is 37.2 Å². The van der Waals surface area contributed by atoms with Gasteiger partial charge in [0.1, 0.15) is 14.2 Å². The monoisotopic (exact) mass is 372 g/mol. The third kappa shape index (κ3) is 2.86. The average molecular weight is 373 g/mol. The zero-order valence-electron chi connectivity index (χ0n) is 17.8. The molecule has 0 heterocycles. The quantitative estimate of drug-likeness (QED) is 0.479. The molecule has 3 saturated carbocycles. The van der Waals surface area contributed by atoms with Crippen molar-refractivity contribution in [1.82, 2.24) is 0 Å². The van der Waals surface area contributed by atoms with Gasteiger partial charge in [0.15, 0.2) is 0 Å². The Hall–Kier alpha value is -1.32. The molecule has 0 aromatic rings. The van der Waals surface area contributed by atoms with Crippen molar-refractivity contribution in [1.29, 1.82) is 0 Å². The Morgan fingerprint density at radius 1 is 1.00 bits per heavy atom. The van der Waals surface area contributed by atoms with Crippen molar-refractivity contribution >= 4 is 11.4 Å². The van der Waals surface area contributed by atoms with Crippen molar-refractivity contribution in [3.05, 3.63) is 11.6 Å². The Balaban J connectivity index is 1.61. The Kier molecular flexibility index (Phi) is 4.88. The van der Waals surface area contributed by atoms with E-state index in [-0.39, 0.29) is 0 Å². The second-order valence-corrected chi connectivity index (χ2v) is 9.86. The Bertz CT molecular complexity index is 682. The summed E-state index contributed by atoms with van der Waals surface area (Å²) in [6.07, 6.45) is 12.6. The lowest BCUT2D eigenvalue weighted by atomic mass is 9.46. The number of fused-ring (bicyclic) bond motifs is 5. The number of rotatable bonds is 3. The van der Waals surface area contributed by atoms with Crippen LogP contribution in [0.15, 0.2) is 22.0 Å². The van der Waals surface area contributed by atoms with Crippen molar-refractivity contribution in [2.45, 2.75) is 72.1 Å². The molecule has 0 aromatic heterocycles. The van der Waals surface area contributed by atoms with E-state index >= 15 is 0 Å². The van der Waals surface area contributed by atoms with Gasteiger partial charge in [0.05, 0.1) is 11.4 Å². The molecule has 4 heteroatoms. The minimum Gasteiger partial charge on any atom is -0.399 e. The summed E-state index contributed by atoms with van der Waals surface area (Å²) in [6.45, 7) is 7.28. The molecule has 150 valence electrons. The van der Waals surface area contributed by atoms with E-state index < -0.39 is 0 Å². The molecule has 3 fully saturated rings. The first-order chi connectivity index (χ1) is 12.9. The predicted molar refractivity (Wildman–Crippen MR) is 110 cm³/mol. The molecule has 4 nitrogen and oxygen atoms in total. The molecule has 27 heavy (non-hydrogen) atoms. The van der Waals surface area contributed by atoms with Crippen molar-refractivity contribution < 1.29 is 9.68 Å². The maximum atomic E-state index is 5.12. The van der Waals surface area contributed by atoms with Crippen molar-refractivity contribution in [2.75, 3.05) is 14.2 Å². The molecule has 4 aliphatic rings. The fourth-order valence-corrected chi connectivity index (χ4v) is 7.65. The Morgan fingerprint density at radius 3 is 2.56 bits per heavy atom. The molecule has 0 N–H and O–H groups in total. The van der Waals surface area contributed by atoms with Crippen LogP contribution in [0.25, 0.3) is 0 Å². The first kappa shape index (κ1) is 19.0. The van der Waals surface area contributed by atoms with Gasteiger partial charge in [-0.3, -0.25) is 0 Å². The molecule has 4 aliphatic carbocycles. The molecule has 0 amide bonds. The van der Waals surface area contributed by atoms with Gasteiger partial charge in [-0.25, -0.2) is 0 Å². The number of oxime groups is 2. The third-order valence-corrected chi connectivity index (χ3v) is 8.93. The second kappa shape index (κ2) is 6.93. The first-order valence-electron chi connectivity index (χ1n) is 10.8. The molecule has 4 rings (SSSR count). The fourth-order valence-electron chi connectivity index (χ4n) is 7.65. The van der Waals surface area contributed by atoms with Crippen molar-refractivity contribution in [2.24, 2.45) is 44.8 Å². The van der Waals surface area contributed by atoms with Gasteiger partial charge in [-0.15, -0.1) is 0 Å². The van der Waals surface area contributed by atoms with Crippen LogP contribution in [0.4, 0.5) is 0 Å². The summed E-state index contributed by atoms with van der Waals surface area (Å²) in [5.41, 5.74) is 4.76. The SMILES string of the molecule is CON=C1C=C2CCC3C(CC[C@@]4(C)C3CC[C@@H]4C(C)=NOC)[C@@]2(C)CC1. The lowest BCUT2D eigenvalue weighted by molar-refractivity contribution is -0.0411. The molecular weight excluding hydrogens is 336 g/mol. The molecule has 0 radical (unpaired) electrons. The lowest BCUT2D eigenvalue weighted by Crippen LogP contribution is -2.51. The first-order valence-corrected chi connectivity index (χ1v) is 10.8. The highest BCUT2D eigenvalue weighted by molar-refractivity contribution is 5.96. The van der Waals surface area contributed by atoms with E-state index in [4.69, 9.17) is 9.68 Å². The highest BCUT2D eigenvalue weighted by Gasteiger charge is 2.59. The molecular formula is C23H36N2O2. The van der Waals surface area contributed by atoms with Gasteiger partial charge in [0.2, 0.25) is 0 Å². The van der Waals surface area contributed by atoms with Crippen molar-refractivity contribution in [3.63, 3.8) is 0 Å². The van der Waals surface area contributed by atoms with Crippen LogP contribution in [0.2, 0.25) is 0 Å². The molecule has 3 unspecified atom stereocenters. The summed E-state index contributed by atoms with van der Waals surface area (Å²) >= 11 is 0. The zero-order chi connectivity index (χ0) is 19.2. The predicted octanol–water partition coefficient (Wildman–Crippen LogP) is 5.59. The van der Waals surface area contributed by atoms with Crippen LogP contribution in [0.3, 0.4) is 0 Å². The van der Waals surface area contributed by atoms with Gasteiger partial charge in [-0.1, -0.05) is 29.7 Å². The van der Waals surface area contributed by atoms with Crippen molar-refractivity contribution in [3.8, 4) is 0 Å². The van der Waals surface area contributed by atoms with E-state index in [1.54, 1.807) is 19.8 Å². The number of hydrogen-bond acceptors (Lipinski definition) is 4. The highest BCUT2D eigenvalue weighted by atomic mass is 16.6. The van der Waals surface area contributed by atoms with Crippen LogP contribution < -0.4 is 0 Å². The largest absolute Gasteiger partial charge is 0.399 e. The summed E-state index contributed by atoms with van der Waals surface area (Å²) in [6, 6.07) is 0. The molecule has 0 saturated heterocycles. The molecule has 6 atom stereocenters. The zero-order valence-corrected chi connectivity index (χ0v) is 17.8. The molecule has 0 aliphatic heterocycles. The molecule has 0 spiro atoms. The van der Waals surface area contributed by atoms with Gasteiger partial charge >= 0.3 is 0 Å². The highest BCUT2D eigenvalue weighted by Crippen LogP contribution is 2.66. The fraction of sp³-hybridized carbons (Fsp3) is 0.826. The Morgan fingerprint density at radius 2 is 1.81 bits per heavy atom. The van der Waals surface area contributed by atoms with Gasteiger partial charge in [-0.05, 0) is 93.0 Å². The van der Waals surface area contributed by atoms with E-state index in [0.717, 1.165) is 29.9 Å². The molecule has 0 aromatic carbocycles. The third-order valence-electron chi connectivity index (χ3n) is 8.93. The van der Waals surface area contributed by atoms with E-state index in [1.807, 2.05) is 0 Å². The van der Waals surface area contributed by atoms with E-state index in [0.29, 0.717) is 16.7 Å². The minimum absolute atomic E-state index is 0.366. The topological polar surface area (TPSA) is 43.2 Å². The maximum Gasteiger partial charge on any atom is 0.106 e. The normalized spacial score (nSPS) is 45.6.